The van der Waals surface area contributed by atoms with E-state index in [0.29, 0.717) is 52.6 Å². The van der Waals surface area contributed by atoms with Crippen LogP contribution in [-0.4, -0.2) is 55.8 Å². The highest BCUT2D eigenvalue weighted by Crippen LogP contribution is 2.37. The first-order valence-corrected chi connectivity index (χ1v) is 26.2. The van der Waals surface area contributed by atoms with Gasteiger partial charge in [-0.15, -0.1) is 11.3 Å². The molecule has 3 aliphatic rings. The number of carbonyl (C=O) groups excluding carboxylic acids is 2. The summed E-state index contributed by atoms with van der Waals surface area (Å²) in [5.41, 5.74) is 17.1. The molecule has 0 amide bonds. The molecular weight excluding hydrogens is 1030 g/mol. The van der Waals surface area contributed by atoms with Crippen LogP contribution in [0.15, 0.2) is 196 Å². The number of ether oxygens (including phenoxy) is 4. The number of esters is 1. The number of thiophene rings is 1. The fourth-order valence-corrected chi connectivity index (χ4v) is 9.92. The molecule has 0 atom stereocenters. The van der Waals surface area contributed by atoms with E-state index in [1.54, 1.807) is 37.3 Å². The molecule has 4 heterocycles. The third-order valence-corrected chi connectivity index (χ3v) is 14.4. The molecule has 9 nitrogen and oxygen atoms in total. The highest BCUT2D eigenvalue weighted by atomic mass is 35.5. The van der Waals surface area contributed by atoms with Crippen molar-refractivity contribution < 1.29 is 32.9 Å². The maximum atomic E-state index is 13.2. The van der Waals surface area contributed by atoms with Crippen molar-refractivity contribution in [2.45, 2.75) is 20.8 Å². The van der Waals surface area contributed by atoms with Gasteiger partial charge < -0.3 is 18.9 Å². The molecule has 0 aliphatic carbocycles. The number of rotatable bonds is 8. The number of nitrogens with zero attached hydrogens (tertiary/aromatic N) is 3. The van der Waals surface area contributed by atoms with Gasteiger partial charge in [0.05, 0.1) is 34.7 Å². The van der Waals surface area contributed by atoms with Crippen LogP contribution in [0.25, 0.3) is 33.4 Å². The molecule has 382 valence electrons. The second-order valence-electron chi connectivity index (χ2n) is 18.2. The summed E-state index contributed by atoms with van der Waals surface area (Å²) >= 11 is 13.4. The number of hydrogen-bond acceptors (Lipinski definition) is 10. The zero-order valence-electron chi connectivity index (χ0n) is 42.3. The van der Waals surface area contributed by atoms with Crippen molar-refractivity contribution in [1.29, 1.82) is 0 Å². The number of halogens is 3. The molecule has 0 radical (unpaired) electrons. The first-order valence-electron chi connectivity index (χ1n) is 24.5. The Morgan fingerprint density at radius 1 is 0.506 bits per heavy atom. The molecule has 0 saturated heterocycles. The van der Waals surface area contributed by atoms with Crippen molar-refractivity contribution in [3.63, 3.8) is 0 Å². The van der Waals surface area contributed by atoms with Gasteiger partial charge in [0.25, 0.3) is 0 Å². The SMILES string of the molecule is CC(=O)c1sccc1-c1ccc(C2=Nc3ccc(F)cc3OC2)cc1.COC(=O)c1ccc(C)c(-c2ccc(C3=Nc4ccc(Cl)cc4OC3)cc2)c1.Cc1ccc(-c2ccc(C3=Nc4ccc(Cl)cc4OC3)cc2)cc1. The van der Waals surface area contributed by atoms with Crippen LogP contribution in [0.2, 0.25) is 10.0 Å². The minimum absolute atomic E-state index is 0.0722. The Balaban J connectivity index is 0.000000131. The van der Waals surface area contributed by atoms with Gasteiger partial charge in [-0.05, 0) is 131 Å². The molecule has 1 aromatic heterocycles. The number of methoxy groups -OCH3 is 1. The highest BCUT2D eigenvalue weighted by Gasteiger charge is 2.19. The lowest BCUT2D eigenvalue weighted by Gasteiger charge is -2.17. The molecule has 0 N–H and O–H groups in total. The molecule has 0 saturated carbocycles. The number of aryl methyl sites for hydroxylation is 2. The number of Topliss-reactive ketones (excluding diaryl/α,β-unsaturated/α-hetero) is 1. The molecule has 13 heteroatoms. The van der Waals surface area contributed by atoms with E-state index >= 15 is 0 Å². The van der Waals surface area contributed by atoms with E-state index in [2.05, 4.69) is 60.4 Å². The first kappa shape index (κ1) is 52.0. The summed E-state index contributed by atoms with van der Waals surface area (Å²) in [6.45, 7) is 6.84. The summed E-state index contributed by atoms with van der Waals surface area (Å²) in [5, 5.41) is 3.22. The van der Waals surface area contributed by atoms with Gasteiger partial charge in [-0.25, -0.2) is 24.2 Å². The van der Waals surface area contributed by atoms with Crippen LogP contribution in [0, 0.1) is 19.7 Å². The molecule has 0 spiro atoms. The third kappa shape index (κ3) is 12.1. The predicted octanol–water partition coefficient (Wildman–Crippen LogP) is 16.7. The van der Waals surface area contributed by atoms with E-state index in [1.165, 1.54) is 47.3 Å². The van der Waals surface area contributed by atoms with E-state index < -0.39 is 0 Å². The van der Waals surface area contributed by atoms with Gasteiger partial charge in [0, 0.05) is 33.8 Å². The third-order valence-electron chi connectivity index (χ3n) is 12.9. The lowest BCUT2D eigenvalue weighted by Crippen LogP contribution is -2.16. The average Bonchev–Trinajstić information content (AvgIpc) is 3.98. The molecule has 3 aliphatic heterocycles. The maximum absolute atomic E-state index is 13.2. The summed E-state index contributed by atoms with van der Waals surface area (Å²) in [6.07, 6.45) is 0. The molecule has 0 fully saturated rings. The molecule has 9 aromatic rings. The first-order chi connectivity index (χ1) is 37.3. The van der Waals surface area contributed by atoms with Gasteiger partial charge in [0.2, 0.25) is 0 Å². The van der Waals surface area contributed by atoms with Crippen LogP contribution >= 0.6 is 34.5 Å². The Morgan fingerprint density at radius 3 is 1.42 bits per heavy atom. The van der Waals surface area contributed by atoms with Crippen LogP contribution in [0.1, 0.15) is 54.8 Å². The molecule has 0 bridgehead atoms. The van der Waals surface area contributed by atoms with Gasteiger partial charge >= 0.3 is 5.97 Å². The number of ketones is 1. The zero-order valence-corrected chi connectivity index (χ0v) is 44.6. The smallest absolute Gasteiger partial charge is 0.337 e. The van der Waals surface area contributed by atoms with E-state index in [0.717, 1.165) is 83.6 Å². The quantitative estimate of drug-likeness (QED) is 0.111. The molecule has 12 rings (SSSR count). The maximum Gasteiger partial charge on any atom is 0.337 e. The van der Waals surface area contributed by atoms with Crippen LogP contribution < -0.4 is 14.2 Å². The van der Waals surface area contributed by atoms with Crippen molar-refractivity contribution in [3.05, 3.63) is 235 Å². The van der Waals surface area contributed by atoms with Gasteiger partial charge in [-0.1, -0.05) is 132 Å². The Labute approximate surface area is 459 Å². The number of fused-ring (bicyclic) bond motifs is 3. The van der Waals surface area contributed by atoms with E-state index in [-0.39, 0.29) is 17.6 Å². The largest absolute Gasteiger partial charge is 0.485 e. The summed E-state index contributed by atoms with van der Waals surface area (Å²) in [4.78, 5) is 38.3. The topological polar surface area (TPSA) is 108 Å². The Hall–Kier alpha value is -8.48. The van der Waals surface area contributed by atoms with Crippen LogP contribution in [-0.2, 0) is 4.74 Å². The minimum Gasteiger partial charge on any atom is -0.485 e. The monoisotopic (exact) mass is 1080 g/mol. The average molecular weight is 1080 g/mol. The van der Waals surface area contributed by atoms with Gasteiger partial charge in [0.15, 0.2) is 5.78 Å². The molecule has 0 unspecified atom stereocenters. The molecular formula is C64H48Cl2FN3O6S. The number of aliphatic imine (C=N–C) groups is 3. The van der Waals surface area contributed by atoms with Crippen LogP contribution in [0.4, 0.5) is 21.5 Å². The second kappa shape index (κ2) is 23.2. The van der Waals surface area contributed by atoms with Crippen molar-refractivity contribution in [1.82, 2.24) is 0 Å². The van der Waals surface area contributed by atoms with Gasteiger partial charge in [0.1, 0.15) is 59.9 Å². The van der Waals surface area contributed by atoms with Crippen molar-refractivity contribution in [2.24, 2.45) is 15.0 Å². The van der Waals surface area contributed by atoms with Crippen LogP contribution in [0.5, 0.6) is 17.2 Å². The second-order valence-corrected chi connectivity index (χ2v) is 20.0. The standard InChI is InChI=1S/C23H18ClNO3.C21H16ClNO.C20H14FNO2S/c1-14-3-4-17(23(26)27-2)11-19(14)15-5-7-16(8-6-15)21-13-28-22-12-18(24)9-10-20(22)25-21;1-14-2-4-15(5-3-14)16-6-8-17(9-7-16)20-13-24-21-12-18(22)10-11-19(21)23-20;1-12(23)20-16(8-9-25-20)13-2-4-14(5-3-13)18-11-24-19-10-15(21)6-7-17(19)22-18/h3-12H,13H2,1-2H3;2-12H,13H2,1H3;2-10H,11H2,1H3. The normalized spacial score (nSPS) is 12.8. The number of hydrogen-bond donors (Lipinski definition) is 0. The fraction of sp³-hybridized carbons (Fsp3) is 0.109. The summed E-state index contributed by atoms with van der Waals surface area (Å²) < 4.78 is 35.2. The van der Waals surface area contributed by atoms with Gasteiger partial charge in [-0.3, -0.25) is 4.79 Å². The zero-order chi connectivity index (χ0) is 53.6. The summed E-state index contributed by atoms with van der Waals surface area (Å²) in [6, 6.07) is 55.8. The van der Waals surface area contributed by atoms with Crippen LogP contribution in [0.3, 0.4) is 0 Å². The highest BCUT2D eigenvalue weighted by molar-refractivity contribution is 7.12. The van der Waals surface area contributed by atoms with E-state index in [9.17, 15) is 14.0 Å². The minimum atomic E-state index is -0.342. The van der Waals surface area contributed by atoms with E-state index in [1.807, 2.05) is 97.2 Å². The molecule has 8 aromatic carbocycles. The van der Waals surface area contributed by atoms with Crippen molar-refractivity contribution in [2.75, 3.05) is 26.9 Å². The Morgan fingerprint density at radius 2 is 0.935 bits per heavy atom. The van der Waals surface area contributed by atoms with E-state index in [4.69, 9.17) is 52.1 Å². The lowest BCUT2D eigenvalue weighted by atomic mass is 9.96. The van der Waals surface area contributed by atoms with Gasteiger partial charge in [-0.2, -0.15) is 0 Å². The summed E-state index contributed by atoms with van der Waals surface area (Å²) in [7, 11) is 1.38. The number of carbonyl (C=O) groups is 2. The lowest BCUT2D eigenvalue weighted by molar-refractivity contribution is 0.0600. The predicted molar refractivity (Wildman–Crippen MR) is 309 cm³/mol. The molecule has 77 heavy (non-hydrogen) atoms. The fourth-order valence-electron chi connectivity index (χ4n) is 8.78. The van der Waals surface area contributed by atoms with Crippen molar-refractivity contribution >= 4 is 80.5 Å². The Bertz CT molecular complexity index is 3780. The number of benzene rings is 8. The van der Waals surface area contributed by atoms with Crippen molar-refractivity contribution in [3.8, 4) is 50.6 Å². The summed E-state index contributed by atoms with van der Waals surface area (Å²) in [5.74, 6) is 1.29. The Kier molecular flexibility index (Phi) is 15.7.